The van der Waals surface area contributed by atoms with Crippen molar-refractivity contribution in [2.75, 3.05) is 18.4 Å². The van der Waals surface area contributed by atoms with E-state index >= 15 is 0 Å². The van der Waals surface area contributed by atoms with Gasteiger partial charge in [0.1, 0.15) is 17.1 Å². The molecule has 1 fully saturated rings. The summed E-state index contributed by atoms with van der Waals surface area (Å²) in [5.74, 6) is 1.85. The molecule has 128 valence electrons. The number of nitrogens with one attached hydrogen (secondary N) is 1. The van der Waals surface area contributed by atoms with Gasteiger partial charge in [0.05, 0.1) is 11.4 Å². The van der Waals surface area contributed by atoms with Gasteiger partial charge in [0.2, 0.25) is 0 Å². The molecule has 0 spiro atoms. The molecule has 2 aromatic heterocycles. The SMILES string of the molecule is CCc1cc(Nc2ncnc3c2CN(CC2CCCC2)CC3)sn1. The monoisotopic (exact) mass is 343 g/mol. The van der Waals surface area contributed by atoms with Crippen LogP contribution in [-0.2, 0) is 19.4 Å². The molecule has 4 rings (SSSR count). The van der Waals surface area contributed by atoms with Crippen molar-refractivity contribution in [1.29, 1.82) is 0 Å². The predicted octanol–water partition coefficient (Wildman–Crippen LogP) is 3.79. The molecule has 0 amide bonds. The quantitative estimate of drug-likeness (QED) is 0.895. The Bertz CT molecular complexity index is 692. The summed E-state index contributed by atoms with van der Waals surface area (Å²) in [6, 6.07) is 2.12. The second-order valence-electron chi connectivity index (χ2n) is 6.94. The lowest BCUT2D eigenvalue weighted by atomic mass is 10.0. The molecule has 5 nitrogen and oxygen atoms in total. The normalized spacial score (nSPS) is 18.7. The number of anilines is 2. The number of rotatable bonds is 5. The average molecular weight is 344 g/mol. The van der Waals surface area contributed by atoms with Crippen LogP contribution in [0.15, 0.2) is 12.4 Å². The molecule has 0 bridgehead atoms. The molecule has 6 heteroatoms. The van der Waals surface area contributed by atoms with Crippen molar-refractivity contribution >= 4 is 22.4 Å². The van der Waals surface area contributed by atoms with Crippen LogP contribution >= 0.6 is 11.5 Å². The van der Waals surface area contributed by atoms with Crippen LogP contribution in [0, 0.1) is 5.92 Å². The number of aryl methyl sites for hydroxylation is 1. The lowest BCUT2D eigenvalue weighted by molar-refractivity contribution is 0.213. The Labute approximate surface area is 147 Å². The number of hydrogen-bond donors (Lipinski definition) is 1. The molecule has 0 radical (unpaired) electrons. The summed E-state index contributed by atoms with van der Waals surface area (Å²) in [5.41, 5.74) is 3.61. The van der Waals surface area contributed by atoms with E-state index in [1.165, 1.54) is 55.0 Å². The molecule has 0 atom stereocenters. The van der Waals surface area contributed by atoms with Crippen LogP contribution in [0.2, 0.25) is 0 Å². The molecule has 0 unspecified atom stereocenters. The third-order valence-corrected chi connectivity index (χ3v) is 5.98. The minimum Gasteiger partial charge on any atom is -0.330 e. The number of fused-ring (bicyclic) bond motifs is 1. The number of nitrogens with zero attached hydrogens (tertiary/aromatic N) is 4. The molecule has 1 aliphatic heterocycles. The van der Waals surface area contributed by atoms with E-state index in [2.05, 4.69) is 37.5 Å². The van der Waals surface area contributed by atoms with Crippen LogP contribution in [0.3, 0.4) is 0 Å². The molecular weight excluding hydrogens is 318 g/mol. The van der Waals surface area contributed by atoms with Gasteiger partial charge >= 0.3 is 0 Å². The van der Waals surface area contributed by atoms with E-state index in [4.69, 9.17) is 0 Å². The maximum absolute atomic E-state index is 4.52. The Morgan fingerprint density at radius 3 is 2.96 bits per heavy atom. The first-order valence-corrected chi connectivity index (χ1v) is 9.87. The Morgan fingerprint density at radius 2 is 2.17 bits per heavy atom. The lowest BCUT2D eigenvalue weighted by Gasteiger charge is -2.31. The molecule has 3 heterocycles. The standard InChI is InChI=1S/C18H25N5S/c1-2-14-9-17(24-22-14)21-18-15-11-23(10-13-5-3-4-6-13)8-7-16(15)19-12-20-18/h9,12-13H,2-8,10-11H2,1H3,(H,19,20,21). The van der Waals surface area contributed by atoms with E-state index < -0.39 is 0 Å². The Kier molecular flexibility index (Phi) is 4.76. The first kappa shape index (κ1) is 16.0. The van der Waals surface area contributed by atoms with Crippen LogP contribution in [-0.4, -0.2) is 32.3 Å². The van der Waals surface area contributed by atoms with Gasteiger partial charge in [0, 0.05) is 31.6 Å². The summed E-state index contributed by atoms with van der Waals surface area (Å²) >= 11 is 1.51. The molecular formula is C18H25N5S. The maximum atomic E-state index is 4.52. The van der Waals surface area contributed by atoms with Gasteiger partial charge in [0.25, 0.3) is 0 Å². The minimum absolute atomic E-state index is 0.890. The zero-order valence-corrected chi connectivity index (χ0v) is 15.1. The van der Waals surface area contributed by atoms with Crippen molar-refractivity contribution in [3.8, 4) is 0 Å². The smallest absolute Gasteiger partial charge is 0.139 e. The topological polar surface area (TPSA) is 53.9 Å². The van der Waals surface area contributed by atoms with Crippen LogP contribution in [0.25, 0.3) is 0 Å². The summed E-state index contributed by atoms with van der Waals surface area (Å²) in [6.45, 7) is 5.45. The maximum Gasteiger partial charge on any atom is 0.139 e. The fourth-order valence-corrected chi connectivity index (χ4v) is 4.60. The second-order valence-corrected chi connectivity index (χ2v) is 7.75. The first-order valence-electron chi connectivity index (χ1n) is 9.09. The van der Waals surface area contributed by atoms with Crippen molar-refractivity contribution in [1.82, 2.24) is 19.2 Å². The average Bonchev–Trinajstić information content (AvgIpc) is 3.27. The van der Waals surface area contributed by atoms with Gasteiger partial charge in [-0.05, 0) is 42.8 Å². The summed E-state index contributed by atoms with van der Waals surface area (Å²) in [6.07, 6.45) is 9.32. The predicted molar refractivity (Wildman–Crippen MR) is 97.7 cm³/mol. The largest absolute Gasteiger partial charge is 0.330 e. The van der Waals surface area contributed by atoms with Gasteiger partial charge in [-0.1, -0.05) is 19.8 Å². The minimum atomic E-state index is 0.890. The fraction of sp³-hybridized carbons (Fsp3) is 0.611. The van der Waals surface area contributed by atoms with E-state index in [1.807, 2.05) is 0 Å². The first-order chi connectivity index (χ1) is 11.8. The van der Waals surface area contributed by atoms with Crippen LogP contribution in [0.5, 0.6) is 0 Å². The van der Waals surface area contributed by atoms with Gasteiger partial charge in [-0.15, -0.1) is 0 Å². The summed E-state index contributed by atoms with van der Waals surface area (Å²) in [4.78, 5) is 11.6. The van der Waals surface area contributed by atoms with Gasteiger partial charge in [-0.2, -0.15) is 4.37 Å². The van der Waals surface area contributed by atoms with Crippen LogP contribution < -0.4 is 5.32 Å². The van der Waals surface area contributed by atoms with Crippen molar-refractivity contribution in [3.63, 3.8) is 0 Å². The third-order valence-electron chi connectivity index (χ3n) is 5.24. The molecule has 2 aliphatic rings. The van der Waals surface area contributed by atoms with E-state index in [0.29, 0.717) is 0 Å². The Hall–Kier alpha value is -1.53. The summed E-state index contributed by atoms with van der Waals surface area (Å²) < 4.78 is 4.45. The van der Waals surface area contributed by atoms with Crippen LogP contribution in [0.4, 0.5) is 10.8 Å². The molecule has 0 saturated heterocycles. The molecule has 1 aliphatic carbocycles. The van der Waals surface area contributed by atoms with Crippen LogP contribution in [0.1, 0.15) is 49.6 Å². The van der Waals surface area contributed by atoms with E-state index in [-0.39, 0.29) is 0 Å². The number of aromatic nitrogens is 3. The summed E-state index contributed by atoms with van der Waals surface area (Å²) in [7, 11) is 0. The molecule has 24 heavy (non-hydrogen) atoms. The van der Waals surface area contributed by atoms with Gasteiger partial charge in [-0.25, -0.2) is 9.97 Å². The van der Waals surface area contributed by atoms with Gasteiger partial charge in [-0.3, -0.25) is 4.90 Å². The third kappa shape index (κ3) is 3.44. The molecule has 1 saturated carbocycles. The van der Waals surface area contributed by atoms with Crippen molar-refractivity contribution in [2.24, 2.45) is 5.92 Å². The Balaban J connectivity index is 1.50. The van der Waals surface area contributed by atoms with E-state index in [9.17, 15) is 0 Å². The van der Waals surface area contributed by atoms with E-state index in [0.717, 1.165) is 48.4 Å². The highest BCUT2D eigenvalue weighted by molar-refractivity contribution is 7.10. The zero-order chi connectivity index (χ0) is 16.4. The highest BCUT2D eigenvalue weighted by Gasteiger charge is 2.24. The van der Waals surface area contributed by atoms with Crippen molar-refractivity contribution < 1.29 is 0 Å². The molecule has 1 N–H and O–H groups in total. The highest BCUT2D eigenvalue weighted by atomic mass is 32.1. The number of hydrogen-bond acceptors (Lipinski definition) is 6. The second kappa shape index (κ2) is 7.15. The van der Waals surface area contributed by atoms with Crippen molar-refractivity contribution in [3.05, 3.63) is 29.3 Å². The highest BCUT2D eigenvalue weighted by Crippen LogP contribution is 2.30. The molecule has 2 aromatic rings. The van der Waals surface area contributed by atoms with Gasteiger partial charge in [0.15, 0.2) is 0 Å². The fourth-order valence-electron chi connectivity index (χ4n) is 3.87. The Morgan fingerprint density at radius 1 is 1.29 bits per heavy atom. The van der Waals surface area contributed by atoms with E-state index in [1.54, 1.807) is 6.33 Å². The summed E-state index contributed by atoms with van der Waals surface area (Å²) in [5, 5.41) is 4.55. The lowest BCUT2D eigenvalue weighted by Crippen LogP contribution is -2.35. The van der Waals surface area contributed by atoms with Crippen molar-refractivity contribution in [2.45, 2.75) is 52.0 Å². The van der Waals surface area contributed by atoms with Gasteiger partial charge < -0.3 is 5.32 Å². The molecule has 0 aromatic carbocycles. The zero-order valence-electron chi connectivity index (χ0n) is 14.3.